The molecule has 0 amide bonds. The monoisotopic (exact) mass is 435 g/mol. The number of nitro benzene ring substituents is 1. The Hall–Kier alpha value is -2.69. The van der Waals surface area contributed by atoms with Gasteiger partial charge in [0, 0.05) is 43.4 Å². The van der Waals surface area contributed by atoms with E-state index in [0.717, 1.165) is 12.0 Å². The maximum atomic E-state index is 13.1. The minimum atomic E-state index is -3.96. The van der Waals surface area contributed by atoms with Crippen molar-refractivity contribution in [2.75, 3.05) is 27.3 Å². The molecule has 0 spiro atoms. The third kappa shape index (κ3) is 4.72. The van der Waals surface area contributed by atoms with Crippen molar-refractivity contribution in [3.05, 3.63) is 58.1 Å². The number of para-hydroxylation sites is 1. The van der Waals surface area contributed by atoms with Crippen molar-refractivity contribution in [3.63, 3.8) is 0 Å². The molecule has 1 atom stereocenters. The minimum Gasteiger partial charge on any atom is -0.497 e. The second kappa shape index (κ2) is 9.41. The lowest BCUT2D eigenvalue weighted by Gasteiger charge is -2.32. The zero-order valence-electron chi connectivity index (χ0n) is 16.9. The first-order chi connectivity index (χ1) is 14.4. The molecule has 1 saturated heterocycles. The average molecular weight is 436 g/mol. The maximum Gasteiger partial charge on any atom is 0.289 e. The van der Waals surface area contributed by atoms with E-state index in [9.17, 15) is 18.5 Å². The molecule has 1 N–H and O–H groups in total. The highest BCUT2D eigenvalue weighted by atomic mass is 32.2. The van der Waals surface area contributed by atoms with Crippen LogP contribution in [-0.4, -0.2) is 51.0 Å². The first-order valence-electron chi connectivity index (χ1n) is 9.54. The molecule has 0 saturated carbocycles. The average Bonchev–Trinajstić information content (AvgIpc) is 2.77. The number of rotatable bonds is 8. The molecule has 1 aliphatic heterocycles. The first-order valence-corrected chi connectivity index (χ1v) is 11.0. The van der Waals surface area contributed by atoms with Gasteiger partial charge in [0.05, 0.1) is 19.1 Å². The molecule has 162 valence electrons. The van der Waals surface area contributed by atoms with Crippen LogP contribution in [0, 0.1) is 10.1 Å². The zero-order chi connectivity index (χ0) is 21.7. The Morgan fingerprint density at radius 1 is 1.20 bits per heavy atom. The van der Waals surface area contributed by atoms with E-state index in [4.69, 9.17) is 9.47 Å². The summed E-state index contributed by atoms with van der Waals surface area (Å²) >= 11 is 0. The molecule has 3 rings (SSSR count). The van der Waals surface area contributed by atoms with Gasteiger partial charge >= 0.3 is 0 Å². The van der Waals surface area contributed by atoms with Gasteiger partial charge in [-0.3, -0.25) is 10.1 Å². The highest BCUT2D eigenvalue weighted by Gasteiger charge is 2.34. The summed E-state index contributed by atoms with van der Waals surface area (Å²) < 4.78 is 38.1. The number of nitro groups is 1. The maximum absolute atomic E-state index is 13.1. The van der Waals surface area contributed by atoms with Crippen LogP contribution in [0.2, 0.25) is 0 Å². The molecule has 1 fully saturated rings. The Morgan fingerprint density at radius 2 is 1.97 bits per heavy atom. The van der Waals surface area contributed by atoms with Gasteiger partial charge in [-0.1, -0.05) is 18.2 Å². The number of methoxy groups -OCH3 is 2. The van der Waals surface area contributed by atoms with E-state index in [1.807, 2.05) is 12.1 Å². The lowest BCUT2D eigenvalue weighted by molar-refractivity contribution is -0.387. The summed E-state index contributed by atoms with van der Waals surface area (Å²) in [5.41, 5.74) is 0.521. The second-order valence-electron chi connectivity index (χ2n) is 6.99. The van der Waals surface area contributed by atoms with Crippen LogP contribution in [-0.2, 0) is 16.6 Å². The summed E-state index contributed by atoms with van der Waals surface area (Å²) in [7, 11) is -0.798. The number of ether oxygens (including phenoxy) is 2. The summed E-state index contributed by atoms with van der Waals surface area (Å²) in [4.78, 5) is 10.3. The summed E-state index contributed by atoms with van der Waals surface area (Å²) in [6.45, 7) is 1.07. The van der Waals surface area contributed by atoms with Crippen LogP contribution in [0.5, 0.6) is 11.5 Å². The van der Waals surface area contributed by atoms with Gasteiger partial charge in [-0.15, -0.1) is 0 Å². The fraction of sp³-hybridized carbons (Fsp3) is 0.400. The van der Waals surface area contributed by atoms with Gasteiger partial charge in [0.25, 0.3) is 5.69 Å². The molecule has 2 aromatic carbocycles. The fourth-order valence-electron chi connectivity index (χ4n) is 3.54. The number of nitrogens with zero attached hydrogens (tertiary/aromatic N) is 2. The lowest BCUT2D eigenvalue weighted by atomic mass is 10.1. The molecular weight excluding hydrogens is 410 g/mol. The Morgan fingerprint density at radius 3 is 2.67 bits per heavy atom. The zero-order valence-corrected chi connectivity index (χ0v) is 17.7. The number of hydrogen-bond acceptors (Lipinski definition) is 7. The van der Waals surface area contributed by atoms with Crippen LogP contribution in [0.3, 0.4) is 0 Å². The Kier molecular flexibility index (Phi) is 6.91. The molecule has 2 aromatic rings. The third-order valence-corrected chi connectivity index (χ3v) is 7.05. The number of hydrogen-bond donors (Lipinski definition) is 1. The first kappa shape index (κ1) is 22.0. The standard InChI is InChI=1S/C20H25N3O6S/c1-28-17-10-9-15(19(12-17)29-2)13-21-16-6-5-11-22(14-16)30(26,27)20-8-4-3-7-18(20)23(24)25/h3-4,7-10,12,16,21H,5-6,11,13-14H2,1-2H3/t16-/m1/s1. The quantitative estimate of drug-likeness (QED) is 0.501. The summed E-state index contributed by atoms with van der Waals surface area (Å²) in [5.74, 6) is 1.37. The van der Waals surface area contributed by atoms with Crippen LogP contribution in [0.25, 0.3) is 0 Å². The van der Waals surface area contributed by atoms with E-state index >= 15 is 0 Å². The number of sulfonamides is 1. The molecule has 10 heteroatoms. The summed E-state index contributed by atoms with van der Waals surface area (Å²) in [6, 6.07) is 10.9. The van der Waals surface area contributed by atoms with Gasteiger partial charge in [-0.2, -0.15) is 4.31 Å². The van der Waals surface area contributed by atoms with Crippen LogP contribution in [0.1, 0.15) is 18.4 Å². The molecule has 30 heavy (non-hydrogen) atoms. The summed E-state index contributed by atoms with van der Waals surface area (Å²) in [5, 5.41) is 14.7. The highest BCUT2D eigenvalue weighted by molar-refractivity contribution is 7.89. The van der Waals surface area contributed by atoms with Gasteiger partial charge < -0.3 is 14.8 Å². The SMILES string of the molecule is COc1ccc(CN[C@@H]2CCCN(S(=O)(=O)c3ccccc3[N+](=O)[O-])C2)c(OC)c1. The fourth-order valence-corrected chi connectivity index (χ4v) is 5.23. The van der Waals surface area contributed by atoms with Gasteiger partial charge in [-0.25, -0.2) is 8.42 Å². The smallest absolute Gasteiger partial charge is 0.289 e. The van der Waals surface area contributed by atoms with Gasteiger partial charge in [0.1, 0.15) is 11.5 Å². The minimum absolute atomic E-state index is 0.0805. The Bertz CT molecular complexity index is 1010. The second-order valence-corrected chi connectivity index (χ2v) is 8.89. The van der Waals surface area contributed by atoms with Crippen LogP contribution in [0.4, 0.5) is 5.69 Å². The van der Waals surface area contributed by atoms with Crippen molar-refractivity contribution in [1.29, 1.82) is 0 Å². The molecular formula is C20H25N3O6S. The van der Waals surface area contributed by atoms with Gasteiger partial charge in [-0.05, 0) is 25.0 Å². The molecule has 0 aromatic heterocycles. The van der Waals surface area contributed by atoms with E-state index in [0.29, 0.717) is 31.0 Å². The van der Waals surface area contributed by atoms with Crippen molar-refractivity contribution in [3.8, 4) is 11.5 Å². The van der Waals surface area contributed by atoms with Crippen molar-refractivity contribution < 1.29 is 22.8 Å². The number of benzene rings is 2. The largest absolute Gasteiger partial charge is 0.497 e. The van der Waals surface area contributed by atoms with Crippen molar-refractivity contribution in [2.24, 2.45) is 0 Å². The third-order valence-electron chi connectivity index (χ3n) is 5.14. The normalized spacial score (nSPS) is 17.5. The van der Waals surface area contributed by atoms with Gasteiger partial charge in [0.15, 0.2) is 4.90 Å². The van der Waals surface area contributed by atoms with E-state index in [1.54, 1.807) is 20.3 Å². The van der Waals surface area contributed by atoms with Crippen LogP contribution >= 0.6 is 0 Å². The van der Waals surface area contributed by atoms with Gasteiger partial charge in [0.2, 0.25) is 10.0 Å². The molecule has 1 heterocycles. The van der Waals surface area contributed by atoms with Crippen LogP contribution < -0.4 is 14.8 Å². The Balaban J connectivity index is 1.72. The molecule has 0 aliphatic carbocycles. The Labute approximate surface area is 175 Å². The van der Waals surface area contributed by atoms with E-state index in [1.165, 1.54) is 28.6 Å². The molecule has 0 radical (unpaired) electrons. The predicted octanol–water partition coefficient (Wildman–Crippen LogP) is 2.55. The van der Waals surface area contributed by atoms with Crippen molar-refractivity contribution >= 4 is 15.7 Å². The summed E-state index contributed by atoms with van der Waals surface area (Å²) in [6.07, 6.45) is 1.47. The van der Waals surface area contributed by atoms with E-state index < -0.39 is 20.6 Å². The molecule has 9 nitrogen and oxygen atoms in total. The number of piperidine rings is 1. The topological polar surface area (TPSA) is 111 Å². The molecule has 0 bridgehead atoms. The number of nitrogens with one attached hydrogen (secondary N) is 1. The van der Waals surface area contributed by atoms with E-state index in [2.05, 4.69) is 5.32 Å². The van der Waals surface area contributed by atoms with Crippen molar-refractivity contribution in [1.82, 2.24) is 9.62 Å². The van der Waals surface area contributed by atoms with E-state index in [-0.39, 0.29) is 17.5 Å². The lowest BCUT2D eigenvalue weighted by Crippen LogP contribution is -2.47. The predicted molar refractivity (Wildman–Crippen MR) is 111 cm³/mol. The molecule has 1 aliphatic rings. The van der Waals surface area contributed by atoms with Crippen molar-refractivity contribution in [2.45, 2.75) is 30.3 Å². The van der Waals surface area contributed by atoms with Crippen LogP contribution in [0.15, 0.2) is 47.4 Å². The molecule has 0 unspecified atom stereocenters. The highest BCUT2D eigenvalue weighted by Crippen LogP contribution is 2.29.